The number of amides is 1. The number of carbonyl (C=O) groups excluding carboxylic acids is 1. The average molecular weight is 243 g/mol. The number of likely N-dealkylation sites (tertiary alicyclic amines) is 1. The summed E-state index contributed by atoms with van der Waals surface area (Å²) in [5.74, 6) is -0.108. The van der Waals surface area contributed by atoms with Crippen LogP contribution < -0.4 is 5.73 Å². The largest absolute Gasteiger partial charge is 0.325 e. The first kappa shape index (κ1) is 12.6. The molecule has 1 heterocycles. The number of nitriles is 1. The minimum atomic E-state index is -0.554. The third-order valence-corrected chi connectivity index (χ3v) is 3.30. The summed E-state index contributed by atoms with van der Waals surface area (Å²) in [6.07, 6.45) is 2.18. The van der Waals surface area contributed by atoms with Crippen molar-refractivity contribution in [2.24, 2.45) is 5.73 Å². The molecule has 0 radical (unpaired) electrons. The van der Waals surface area contributed by atoms with Crippen molar-refractivity contribution in [1.82, 2.24) is 4.90 Å². The minimum absolute atomic E-state index is 0.108. The van der Waals surface area contributed by atoms with E-state index in [4.69, 9.17) is 11.0 Å². The van der Waals surface area contributed by atoms with Crippen molar-refractivity contribution in [1.29, 1.82) is 5.26 Å². The number of nitrogens with zero attached hydrogens (tertiary/aromatic N) is 2. The van der Waals surface area contributed by atoms with Crippen LogP contribution in [0.4, 0.5) is 0 Å². The number of nitrogens with two attached hydrogens (primary N) is 1. The predicted molar refractivity (Wildman–Crippen MR) is 68.5 cm³/mol. The first-order valence-electron chi connectivity index (χ1n) is 6.22. The summed E-state index contributed by atoms with van der Waals surface area (Å²) >= 11 is 0. The molecular weight excluding hydrogens is 226 g/mol. The van der Waals surface area contributed by atoms with Crippen LogP contribution in [-0.2, 0) is 11.2 Å². The third kappa shape index (κ3) is 2.69. The highest BCUT2D eigenvalue weighted by Crippen LogP contribution is 2.17. The average Bonchev–Trinajstić information content (AvgIpc) is 2.87. The van der Waals surface area contributed by atoms with E-state index in [1.807, 2.05) is 30.3 Å². The molecule has 0 aliphatic carbocycles. The van der Waals surface area contributed by atoms with E-state index in [9.17, 15) is 4.79 Å². The molecule has 94 valence electrons. The van der Waals surface area contributed by atoms with Crippen molar-refractivity contribution in [3.05, 3.63) is 35.9 Å². The molecule has 4 nitrogen and oxygen atoms in total. The Hall–Kier alpha value is -1.86. The number of hydrogen-bond acceptors (Lipinski definition) is 3. The van der Waals surface area contributed by atoms with E-state index in [0.717, 1.165) is 18.4 Å². The fourth-order valence-electron chi connectivity index (χ4n) is 2.33. The van der Waals surface area contributed by atoms with Crippen LogP contribution in [0.5, 0.6) is 0 Å². The van der Waals surface area contributed by atoms with Gasteiger partial charge in [-0.05, 0) is 24.8 Å². The molecule has 1 saturated heterocycles. The number of rotatable bonds is 3. The number of benzene rings is 1. The zero-order valence-electron chi connectivity index (χ0n) is 10.2. The summed E-state index contributed by atoms with van der Waals surface area (Å²) in [5, 5.41) is 8.97. The van der Waals surface area contributed by atoms with Crippen molar-refractivity contribution in [2.45, 2.75) is 31.3 Å². The van der Waals surface area contributed by atoms with Crippen LogP contribution in [0.2, 0.25) is 0 Å². The lowest BCUT2D eigenvalue weighted by molar-refractivity contribution is -0.132. The molecule has 1 amide bonds. The summed E-state index contributed by atoms with van der Waals surface area (Å²) in [7, 11) is 0. The van der Waals surface area contributed by atoms with Gasteiger partial charge in [-0.15, -0.1) is 0 Å². The van der Waals surface area contributed by atoms with Crippen LogP contribution in [-0.4, -0.2) is 29.4 Å². The van der Waals surface area contributed by atoms with Gasteiger partial charge in [0.25, 0.3) is 0 Å². The molecule has 1 fully saturated rings. The Labute approximate surface area is 107 Å². The molecule has 1 aliphatic rings. The van der Waals surface area contributed by atoms with E-state index in [2.05, 4.69) is 6.07 Å². The van der Waals surface area contributed by atoms with Crippen molar-refractivity contribution >= 4 is 5.91 Å². The van der Waals surface area contributed by atoms with Crippen LogP contribution in [0.3, 0.4) is 0 Å². The van der Waals surface area contributed by atoms with Gasteiger partial charge in [0, 0.05) is 6.54 Å². The fraction of sp³-hybridized carbons (Fsp3) is 0.429. The molecule has 0 aromatic heterocycles. The van der Waals surface area contributed by atoms with E-state index in [0.29, 0.717) is 13.0 Å². The first-order chi connectivity index (χ1) is 8.72. The topological polar surface area (TPSA) is 70.1 Å². The smallest absolute Gasteiger partial charge is 0.240 e. The maximum absolute atomic E-state index is 12.2. The summed E-state index contributed by atoms with van der Waals surface area (Å²) in [4.78, 5) is 13.8. The van der Waals surface area contributed by atoms with Crippen molar-refractivity contribution in [3.63, 3.8) is 0 Å². The Morgan fingerprint density at radius 3 is 2.89 bits per heavy atom. The van der Waals surface area contributed by atoms with Gasteiger partial charge in [0.2, 0.25) is 5.91 Å². The molecule has 2 rings (SSSR count). The molecule has 2 N–H and O–H groups in total. The zero-order valence-corrected chi connectivity index (χ0v) is 10.2. The second kappa shape index (κ2) is 5.65. The maximum Gasteiger partial charge on any atom is 0.240 e. The molecule has 1 aromatic rings. The Morgan fingerprint density at radius 2 is 2.22 bits per heavy atom. The highest BCUT2D eigenvalue weighted by molar-refractivity contribution is 5.82. The Balaban J connectivity index is 1.99. The predicted octanol–water partition coefficient (Wildman–Crippen LogP) is 1.07. The SMILES string of the molecule is N#CC1CCCN1C(=O)[C@@H](N)Cc1ccccc1. The number of carbonyl (C=O) groups is 1. The molecule has 1 aliphatic heterocycles. The first-order valence-corrected chi connectivity index (χ1v) is 6.22. The van der Waals surface area contributed by atoms with Gasteiger partial charge in [-0.1, -0.05) is 30.3 Å². The van der Waals surface area contributed by atoms with Crippen molar-refractivity contribution in [3.8, 4) is 6.07 Å². The molecular formula is C14H17N3O. The van der Waals surface area contributed by atoms with Crippen LogP contribution in [0.15, 0.2) is 30.3 Å². The Kier molecular flexibility index (Phi) is 3.96. The minimum Gasteiger partial charge on any atom is -0.325 e. The second-order valence-corrected chi connectivity index (χ2v) is 4.61. The summed E-state index contributed by atoms with van der Waals surface area (Å²) in [6, 6.07) is 11.0. The fourth-order valence-corrected chi connectivity index (χ4v) is 2.33. The molecule has 4 heteroatoms. The second-order valence-electron chi connectivity index (χ2n) is 4.61. The van der Waals surface area contributed by atoms with Gasteiger partial charge < -0.3 is 10.6 Å². The van der Waals surface area contributed by atoms with Crippen LogP contribution in [0.1, 0.15) is 18.4 Å². The van der Waals surface area contributed by atoms with Gasteiger partial charge in [-0.3, -0.25) is 4.79 Å². The molecule has 18 heavy (non-hydrogen) atoms. The monoisotopic (exact) mass is 243 g/mol. The van der Waals surface area contributed by atoms with E-state index in [1.165, 1.54) is 0 Å². The van der Waals surface area contributed by atoms with E-state index in [1.54, 1.807) is 4.90 Å². The molecule has 0 bridgehead atoms. The lowest BCUT2D eigenvalue weighted by atomic mass is 10.1. The van der Waals surface area contributed by atoms with Crippen LogP contribution in [0, 0.1) is 11.3 Å². The molecule has 0 spiro atoms. The summed E-state index contributed by atoms with van der Waals surface area (Å²) in [5.41, 5.74) is 6.99. The molecule has 1 aromatic carbocycles. The standard InChI is InChI=1S/C14H17N3O/c15-10-12-7-4-8-17(12)14(18)13(16)9-11-5-2-1-3-6-11/h1-3,5-6,12-13H,4,7-9,16H2/t12?,13-/m0/s1. The lowest BCUT2D eigenvalue weighted by Gasteiger charge is -2.23. The summed E-state index contributed by atoms with van der Waals surface area (Å²) < 4.78 is 0. The Bertz CT molecular complexity index is 452. The van der Waals surface area contributed by atoms with Gasteiger partial charge in [-0.25, -0.2) is 0 Å². The quantitative estimate of drug-likeness (QED) is 0.863. The van der Waals surface area contributed by atoms with Gasteiger partial charge in [0.05, 0.1) is 12.1 Å². The third-order valence-electron chi connectivity index (χ3n) is 3.30. The normalized spacial score (nSPS) is 20.4. The van der Waals surface area contributed by atoms with Crippen LogP contribution >= 0.6 is 0 Å². The van der Waals surface area contributed by atoms with Crippen molar-refractivity contribution in [2.75, 3.05) is 6.54 Å². The summed E-state index contributed by atoms with van der Waals surface area (Å²) in [6.45, 7) is 0.652. The molecule has 0 saturated carbocycles. The van der Waals surface area contributed by atoms with Crippen LogP contribution in [0.25, 0.3) is 0 Å². The van der Waals surface area contributed by atoms with Gasteiger partial charge in [-0.2, -0.15) is 5.26 Å². The van der Waals surface area contributed by atoms with E-state index >= 15 is 0 Å². The maximum atomic E-state index is 12.2. The van der Waals surface area contributed by atoms with Crippen molar-refractivity contribution < 1.29 is 4.79 Å². The van der Waals surface area contributed by atoms with E-state index in [-0.39, 0.29) is 11.9 Å². The zero-order chi connectivity index (χ0) is 13.0. The van der Waals surface area contributed by atoms with Gasteiger partial charge in [0.1, 0.15) is 6.04 Å². The van der Waals surface area contributed by atoms with Gasteiger partial charge >= 0.3 is 0 Å². The lowest BCUT2D eigenvalue weighted by Crippen LogP contribution is -2.46. The molecule has 1 unspecified atom stereocenters. The Morgan fingerprint density at radius 1 is 1.50 bits per heavy atom. The highest BCUT2D eigenvalue weighted by atomic mass is 16.2. The number of hydrogen-bond donors (Lipinski definition) is 1. The highest BCUT2D eigenvalue weighted by Gasteiger charge is 2.31. The van der Waals surface area contributed by atoms with E-state index < -0.39 is 6.04 Å². The molecule has 2 atom stereocenters. The van der Waals surface area contributed by atoms with Gasteiger partial charge in [0.15, 0.2) is 0 Å².